The number of aromatic nitrogens is 2. The first-order valence-electron chi connectivity index (χ1n) is 9.65. The molecule has 7 heteroatoms. The Kier molecular flexibility index (Phi) is 5.57. The van der Waals surface area contributed by atoms with Gasteiger partial charge in [-0.25, -0.2) is 9.59 Å². The van der Waals surface area contributed by atoms with Crippen LogP contribution in [-0.4, -0.2) is 28.3 Å². The zero-order valence-corrected chi connectivity index (χ0v) is 16.6. The normalized spacial score (nSPS) is 10.6. The van der Waals surface area contributed by atoms with Crippen LogP contribution < -0.4 is 10.3 Å². The summed E-state index contributed by atoms with van der Waals surface area (Å²) in [6, 6.07) is 21.7. The second kappa shape index (κ2) is 8.62. The standard InChI is InChI=1S/C24H18N2O5/c1-2-30-23(28)16-9-8-12-18(15-16)31-24(29)21-19-13-6-7-14-20(19)22(27)26(25-21)17-10-4-3-5-11-17/h3-15H,2H2,1H3. The summed E-state index contributed by atoms with van der Waals surface area (Å²) >= 11 is 0. The van der Waals surface area contributed by atoms with Gasteiger partial charge < -0.3 is 9.47 Å². The van der Waals surface area contributed by atoms with E-state index < -0.39 is 11.9 Å². The van der Waals surface area contributed by atoms with E-state index in [0.29, 0.717) is 16.5 Å². The van der Waals surface area contributed by atoms with Gasteiger partial charge in [0.05, 0.1) is 23.2 Å². The fraction of sp³-hybridized carbons (Fsp3) is 0.0833. The lowest BCUT2D eigenvalue weighted by Gasteiger charge is -2.11. The number of benzene rings is 3. The number of nitrogens with zero attached hydrogens (tertiary/aromatic N) is 2. The summed E-state index contributed by atoms with van der Waals surface area (Å²) < 4.78 is 11.6. The second-order valence-corrected chi connectivity index (χ2v) is 6.58. The third kappa shape index (κ3) is 4.06. The highest BCUT2D eigenvalue weighted by Crippen LogP contribution is 2.19. The maximum atomic E-state index is 13.0. The van der Waals surface area contributed by atoms with Crippen molar-refractivity contribution in [2.75, 3.05) is 6.61 Å². The summed E-state index contributed by atoms with van der Waals surface area (Å²) in [4.78, 5) is 37.9. The molecule has 154 valence electrons. The molecule has 0 unspecified atom stereocenters. The summed E-state index contributed by atoms with van der Waals surface area (Å²) in [6.45, 7) is 1.94. The highest BCUT2D eigenvalue weighted by atomic mass is 16.5. The van der Waals surface area contributed by atoms with Gasteiger partial charge in [-0.05, 0) is 43.3 Å². The molecule has 0 bridgehead atoms. The molecule has 0 aliphatic rings. The maximum absolute atomic E-state index is 13.0. The van der Waals surface area contributed by atoms with Crippen LogP contribution >= 0.6 is 0 Å². The first-order valence-corrected chi connectivity index (χ1v) is 9.65. The molecule has 4 rings (SSSR count). The molecule has 0 saturated carbocycles. The van der Waals surface area contributed by atoms with Gasteiger partial charge in [0.15, 0.2) is 5.69 Å². The summed E-state index contributed by atoms with van der Waals surface area (Å²) in [6.07, 6.45) is 0. The number of hydrogen-bond donors (Lipinski definition) is 0. The summed E-state index contributed by atoms with van der Waals surface area (Å²) in [5.41, 5.74) is 0.430. The number of rotatable bonds is 5. The number of hydrogen-bond acceptors (Lipinski definition) is 6. The molecule has 3 aromatic carbocycles. The van der Waals surface area contributed by atoms with E-state index in [1.807, 2.05) is 6.07 Å². The minimum absolute atomic E-state index is 0.0133. The Bertz CT molecular complexity index is 1330. The molecular weight excluding hydrogens is 396 g/mol. The van der Waals surface area contributed by atoms with Crippen molar-refractivity contribution in [2.24, 2.45) is 0 Å². The molecule has 0 saturated heterocycles. The van der Waals surface area contributed by atoms with Gasteiger partial charge in [0.25, 0.3) is 5.56 Å². The molecular formula is C24H18N2O5. The van der Waals surface area contributed by atoms with Crippen LogP contribution in [0, 0.1) is 0 Å². The highest BCUT2D eigenvalue weighted by Gasteiger charge is 2.20. The molecule has 0 aliphatic carbocycles. The van der Waals surface area contributed by atoms with E-state index in [4.69, 9.17) is 9.47 Å². The monoisotopic (exact) mass is 414 g/mol. The molecule has 1 heterocycles. The Labute approximate surface area is 177 Å². The maximum Gasteiger partial charge on any atom is 0.364 e. The van der Waals surface area contributed by atoms with Crippen molar-refractivity contribution in [3.05, 3.63) is 100 Å². The van der Waals surface area contributed by atoms with E-state index in [1.54, 1.807) is 73.7 Å². The average molecular weight is 414 g/mol. The molecule has 0 atom stereocenters. The Balaban J connectivity index is 1.77. The van der Waals surface area contributed by atoms with Crippen molar-refractivity contribution in [2.45, 2.75) is 6.92 Å². The molecule has 0 fully saturated rings. The van der Waals surface area contributed by atoms with E-state index in [2.05, 4.69) is 5.10 Å². The van der Waals surface area contributed by atoms with Crippen molar-refractivity contribution < 1.29 is 19.1 Å². The van der Waals surface area contributed by atoms with Gasteiger partial charge in [0, 0.05) is 5.39 Å². The van der Waals surface area contributed by atoms with Crippen LogP contribution in [0.5, 0.6) is 5.75 Å². The Morgan fingerprint density at radius 1 is 0.871 bits per heavy atom. The SMILES string of the molecule is CCOC(=O)c1cccc(OC(=O)c2nn(-c3ccccc3)c(=O)c3ccccc23)c1. The van der Waals surface area contributed by atoms with Crippen LogP contribution in [0.25, 0.3) is 16.5 Å². The van der Waals surface area contributed by atoms with Crippen molar-refractivity contribution in [3.63, 3.8) is 0 Å². The molecule has 1 aromatic heterocycles. The third-order valence-corrected chi connectivity index (χ3v) is 4.55. The number of carbonyl (C=O) groups excluding carboxylic acids is 2. The fourth-order valence-electron chi connectivity index (χ4n) is 3.14. The predicted molar refractivity (Wildman–Crippen MR) is 115 cm³/mol. The van der Waals surface area contributed by atoms with Crippen molar-refractivity contribution in [1.29, 1.82) is 0 Å². The number of fused-ring (bicyclic) bond motifs is 1. The van der Waals surface area contributed by atoms with Crippen LogP contribution in [0.4, 0.5) is 0 Å². The lowest BCUT2D eigenvalue weighted by molar-refractivity contribution is 0.0524. The predicted octanol–water partition coefficient (Wildman–Crippen LogP) is 3.78. The van der Waals surface area contributed by atoms with E-state index >= 15 is 0 Å². The fourth-order valence-corrected chi connectivity index (χ4v) is 3.14. The topological polar surface area (TPSA) is 87.5 Å². The smallest absolute Gasteiger partial charge is 0.364 e. The molecule has 31 heavy (non-hydrogen) atoms. The minimum atomic E-state index is -0.748. The Hall–Kier alpha value is -4.26. The quantitative estimate of drug-likeness (QED) is 0.365. The van der Waals surface area contributed by atoms with Crippen LogP contribution in [0.15, 0.2) is 83.7 Å². The van der Waals surface area contributed by atoms with Crippen LogP contribution in [0.3, 0.4) is 0 Å². The molecule has 0 spiro atoms. The number of ether oxygens (including phenoxy) is 2. The van der Waals surface area contributed by atoms with Gasteiger partial charge in [-0.15, -0.1) is 0 Å². The molecule has 0 amide bonds. The highest BCUT2D eigenvalue weighted by molar-refractivity contribution is 6.03. The van der Waals surface area contributed by atoms with E-state index in [9.17, 15) is 14.4 Å². The molecule has 0 radical (unpaired) electrons. The van der Waals surface area contributed by atoms with Crippen molar-refractivity contribution in [1.82, 2.24) is 9.78 Å². The summed E-state index contributed by atoms with van der Waals surface area (Å²) in [5.74, 6) is -1.10. The lowest BCUT2D eigenvalue weighted by Crippen LogP contribution is -2.25. The number of carbonyl (C=O) groups is 2. The van der Waals surface area contributed by atoms with Gasteiger partial charge in [0.2, 0.25) is 0 Å². The van der Waals surface area contributed by atoms with Crippen LogP contribution in [-0.2, 0) is 4.74 Å². The van der Waals surface area contributed by atoms with Gasteiger partial charge in [-0.2, -0.15) is 9.78 Å². The van der Waals surface area contributed by atoms with Gasteiger partial charge in [-0.1, -0.05) is 42.5 Å². The first kappa shape index (κ1) is 20.0. The summed E-state index contributed by atoms with van der Waals surface area (Å²) in [7, 11) is 0. The minimum Gasteiger partial charge on any atom is -0.462 e. The van der Waals surface area contributed by atoms with Gasteiger partial charge >= 0.3 is 11.9 Å². The Morgan fingerprint density at radius 3 is 2.32 bits per heavy atom. The van der Waals surface area contributed by atoms with Crippen molar-refractivity contribution in [3.8, 4) is 11.4 Å². The van der Waals surface area contributed by atoms with E-state index in [1.165, 1.54) is 10.7 Å². The third-order valence-electron chi connectivity index (χ3n) is 4.55. The number of para-hydroxylation sites is 1. The largest absolute Gasteiger partial charge is 0.462 e. The second-order valence-electron chi connectivity index (χ2n) is 6.58. The van der Waals surface area contributed by atoms with Gasteiger partial charge in [-0.3, -0.25) is 4.79 Å². The average Bonchev–Trinajstić information content (AvgIpc) is 2.80. The molecule has 4 aromatic rings. The Morgan fingerprint density at radius 2 is 1.58 bits per heavy atom. The number of esters is 2. The molecule has 7 nitrogen and oxygen atoms in total. The molecule has 0 aliphatic heterocycles. The van der Waals surface area contributed by atoms with E-state index in [0.717, 1.165) is 0 Å². The van der Waals surface area contributed by atoms with Crippen LogP contribution in [0.1, 0.15) is 27.8 Å². The summed E-state index contributed by atoms with van der Waals surface area (Å²) in [5, 5.41) is 5.01. The molecule has 0 N–H and O–H groups in total. The van der Waals surface area contributed by atoms with Gasteiger partial charge in [0.1, 0.15) is 5.75 Å². The van der Waals surface area contributed by atoms with Crippen LogP contribution in [0.2, 0.25) is 0 Å². The van der Waals surface area contributed by atoms with Crippen molar-refractivity contribution >= 4 is 22.7 Å². The lowest BCUT2D eigenvalue weighted by atomic mass is 10.1. The zero-order valence-electron chi connectivity index (χ0n) is 16.6. The van der Waals surface area contributed by atoms with E-state index in [-0.39, 0.29) is 29.2 Å². The zero-order chi connectivity index (χ0) is 21.8. The first-order chi connectivity index (χ1) is 15.1.